The molecule has 0 spiro atoms. The van der Waals surface area contributed by atoms with Crippen LogP contribution in [0.1, 0.15) is 31.0 Å². The van der Waals surface area contributed by atoms with Crippen molar-refractivity contribution in [1.29, 1.82) is 0 Å². The van der Waals surface area contributed by atoms with Gasteiger partial charge in [-0.05, 0) is 18.9 Å². The largest absolute Gasteiger partial charge is 0.573 e. The van der Waals surface area contributed by atoms with E-state index in [4.69, 9.17) is 20.2 Å². The normalized spacial score (nSPS) is 13.8. The minimum Gasteiger partial charge on any atom is -0.402 e. The summed E-state index contributed by atoms with van der Waals surface area (Å²) in [7, 11) is 3.31. The Balaban J connectivity index is 1.76. The number of nitrogens with two attached hydrogens (primary N) is 1. The van der Waals surface area contributed by atoms with Crippen LogP contribution in [0, 0.1) is 0 Å². The summed E-state index contributed by atoms with van der Waals surface area (Å²) in [5, 5.41) is 0. The van der Waals surface area contributed by atoms with Gasteiger partial charge in [-0.1, -0.05) is 6.58 Å². The van der Waals surface area contributed by atoms with Crippen molar-refractivity contribution in [1.82, 2.24) is 19.4 Å². The van der Waals surface area contributed by atoms with Crippen LogP contribution >= 0.6 is 0 Å². The van der Waals surface area contributed by atoms with Gasteiger partial charge in [-0.2, -0.15) is 0 Å². The highest BCUT2D eigenvalue weighted by Gasteiger charge is 2.33. The van der Waals surface area contributed by atoms with Crippen LogP contribution in [-0.4, -0.2) is 66.3 Å². The van der Waals surface area contributed by atoms with Crippen LogP contribution in [-0.2, 0) is 16.0 Å². The van der Waals surface area contributed by atoms with Gasteiger partial charge in [-0.15, -0.1) is 13.2 Å². The number of hydrogen-bond acceptors (Lipinski definition) is 7. The van der Waals surface area contributed by atoms with Crippen LogP contribution in [0.25, 0.3) is 11.3 Å². The van der Waals surface area contributed by atoms with Gasteiger partial charge in [0.25, 0.3) is 0 Å². The van der Waals surface area contributed by atoms with Crippen molar-refractivity contribution in [2.75, 3.05) is 46.3 Å². The van der Waals surface area contributed by atoms with Crippen molar-refractivity contribution in [2.45, 2.75) is 38.1 Å². The highest BCUT2D eigenvalue weighted by atomic mass is 19.4. The third-order valence-corrected chi connectivity index (χ3v) is 5.37. The quantitative estimate of drug-likeness (QED) is 0.477. The van der Waals surface area contributed by atoms with E-state index in [1.165, 1.54) is 12.3 Å². The number of nitrogen functional groups attached to an aromatic ring is 1. The molecule has 2 N–H and O–H groups in total. The Morgan fingerprint density at radius 2 is 1.91 bits per heavy atom. The molecule has 8 nitrogen and oxygen atoms in total. The van der Waals surface area contributed by atoms with E-state index < -0.39 is 12.1 Å². The van der Waals surface area contributed by atoms with Gasteiger partial charge in [0.1, 0.15) is 5.82 Å². The summed E-state index contributed by atoms with van der Waals surface area (Å²) in [5.41, 5.74) is 7.44. The van der Waals surface area contributed by atoms with E-state index in [1.807, 2.05) is 10.8 Å². The first kappa shape index (κ1) is 24.8. The van der Waals surface area contributed by atoms with Crippen LogP contribution in [0.3, 0.4) is 0 Å². The van der Waals surface area contributed by atoms with Crippen molar-refractivity contribution in [2.24, 2.45) is 0 Å². The average molecular weight is 470 g/mol. The van der Waals surface area contributed by atoms with Gasteiger partial charge >= 0.3 is 6.36 Å². The van der Waals surface area contributed by atoms with Crippen molar-refractivity contribution < 1.29 is 27.4 Å². The Morgan fingerprint density at radius 3 is 2.48 bits per heavy atom. The van der Waals surface area contributed by atoms with Crippen molar-refractivity contribution in [3.63, 3.8) is 0 Å². The highest BCUT2D eigenvalue weighted by Crippen LogP contribution is 2.41. The number of rotatable bonds is 13. The lowest BCUT2D eigenvalue weighted by molar-refractivity contribution is -0.274. The van der Waals surface area contributed by atoms with Crippen molar-refractivity contribution in [3.05, 3.63) is 36.6 Å². The molecule has 3 rings (SSSR count). The molecule has 0 aliphatic heterocycles. The highest BCUT2D eigenvalue weighted by molar-refractivity contribution is 5.64. The van der Waals surface area contributed by atoms with E-state index in [0.717, 1.165) is 24.4 Å². The predicted molar refractivity (Wildman–Crippen MR) is 118 cm³/mol. The lowest BCUT2D eigenvalue weighted by Crippen LogP contribution is -2.30. The summed E-state index contributed by atoms with van der Waals surface area (Å²) in [6.07, 6.45) is 1.13. The maximum Gasteiger partial charge on any atom is 0.573 e. The summed E-state index contributed by atoms with van der Waals surface area (Å²) >= 11 is 0. The Morgan fingerprint density at radius 1 is 1.24 bits per heavy atom. The second-order valence-corrected chi connectivity index (χ2v) is 7.90. The first-order valence-electron chi connectivity index (χ1n) is 10.7. The fourth-order valence-electron chi connectivity index (χ4n) is 3.46. The van der Waals surface area contributed by atoms with E-state index in [2.05, 4.69) is 21.2 Å². The molecule has 0 radical (unpaired) electrons. The molecule has 1 saturated carbocycles. The smallest absolute Gasteiger partial charge is 0.402 e. The van der Waals surface area contributed by atoms with Crippen LogP contribution < -0.4 is 10.5 Å². The third-order valence-electron chi connectivity index (χ3n) is 5.37. The summed E-state index contributed by atoms with van der Waals surface area (Å²) in [4.78, 5) is 10.7. The van der Waals surface area contributed by atoms with Crippen LogP contribution in [0.2, 0.25) is 0 Å². The van der Waals surface area contributed by atoms with E-state index in [1.54, 1.807) is 14.2 Å². The number of aryl methyl sites for hydroxylation is 1. The van der Waals surface area contributed by atoms with E-state index >= 15 is 0 Å². The summed E-state index contributed by atoms with van der Waals surface area (Å²) in [6.45, 7) is 7.45. The zero-order chi connectivity index (χ0) is 24.0. The first-order valence-corrected chi connectivity index (χ1v) is 10.7. The minimum absolute atomic E-state index is 0.332. The van der Waals surface area contributed by atoms with Crippen LogP contribution in [0.5, 0.6) is 5.75 Å². The summed E-state index contributed by atoms with van der Waals surface area (Å²) in [6, 6.07) is 1.22. The number of halogens is 3. The van der Waals surface area contributed by atoms with Gasteiger partial charge < -0.3 is 29.4 Å². The fraction of sp³-hybridized carbons (Fsp3) is 0.545. The molecule has 0 bridgehead atoms. The lowest BCUT2D eigenvalue weighted by Gasteiger charge is -2.26. The van der Waals surface area contributed by atoms with Gasteiger partial charge in [-0.25, -0.2) is 9.97 Å². The van der Waals surface area contributed by atoms with E-state index in [9.17, 15) is 13.2 Å². The second-order valence-electron chi connectivity index (χ2n) is 7.90. The zero-order valence-corrected chi connectivity index (χ0v) is 18.9. The number of nitrogens with zero attached hydrogens (tertiary/aromatic N) is 4. The summed E-state index contributed by atoms with van der Waals surface area (Å²) < 4.78 is 54.5. The molecule has 2 aromatic rings. The van der Waals surface area contributed by atoms with Crippen molar-refractivity contribution >= 4 is 5.82 Å². The summed E-state index contributed by atoms with van der Waals surface area (Å²) in [5.74, 6) is 0.384. The molecule has 1 fully saturated rings. The number of allylic oxidation sites excluding steroid dienone is 1. The van der Waals surface area contributed by atoms with Gasteiger partial charge in [0, 0.05) is 69.8 Å². The molecule has 1 aliphatic rings. The van der Waals surface area contributed by atoms with Crippen molar-refractivity contribution in [3.8, 4) is 17.0 Å². The average Bonchev–Trinajstić information content (AvgIpc) is 3.52. The number of methoxy groups -OCH3 is 2. The molecule has 0 atom stereocenters. The Kier molecular flexibility index (Phi) is 8.20. The lowest BCUT2D eigenvalue weighted by atomic mass is 10.2. The second kappa shape index (κ2) is 10.9. The Bertz CT molecular complexity index is 936. The monoisotopic (exact) mass is 469 g/mol. The number of aromatic nitrogens is 3. The van der Waals surface area contributed by atoms with Crippen LogP contribution in [0.4, 0.5) is 19.0 Å². The van der Waals surface area contributed by atoms with Crippen LogP contribution in [0.15, 0.2) is 30.7 Å². The van der Waals surface area contributed by atoms with E-state index in [0.29, 0.717) is 56.4 Å². The van der Waals surface area contributed by atoms with Gasteiger partial charge in [0.05, 0.1) is 18.9 Å². The maximum absolute atomic E-state index is 12.7. The molecular weight excluding hydrogens is 439 g/mol. The number of hydrogen-bond donors (Lipinski definition) is 1. The molecule has 182 valence electrons. The molecular formula is C22H30F3N5O3. The first-order chi connectivity index (χ1) is 15.7. The molecule has 2 heterocycles. The Labute approximate surface area is 191 Å². The molecule has 0 unspecified atom stereocenters. The molecule has 0 aromatic carbocycles. The molecule has 11 heteroatoms. The minimum atomic E-state index is -4.86. The molecule has 2 aromatic heterocycles. The maximum atomic E-state index is 12.7. The van der Waals surface area contributed by atoms with Gasteiger partial charge in [0.2, 0.25) is 0 Å². The topological polar surface area (TPSA) is 87.7 Å². The molecule has 1 aliphatic carbocycles. The number of anilines is 1. The molecule has 33 heavy (non-hydrogen) atoms. The number of alkyl halides is 3. The third kappa shape index (κ3) is 7.10. The van der Waals surface area contributed by atoms with Gasteiger partial charge in [0.15, 0.2) is 11.6 Å². The number of ether oxygens (including phenoxy) is 3. The fourth-order valence-corrected chi connectivity index (χ4v) is 3.46. The zero-order valence-electron chi connectivity index (χ0n) is 18.9. The SMILES string of the molecule is C=C(CCn1cc(-c2cnc(N)c(OC(F)(F)F)c2)nc1C1CC1)N(CCOC)CCOC. The predicted octanol–water partition coefficient (Wildman–Crippen LogP) is 3.80. The van der Waals surface area contributed by atoms with E-state index in [-0.39, 0.29) is 5.82 Å². The standard InChI is InChI=1S/C22H30F3N5O3/c1-15(29(8-10-31-2)9-11-32-3)6-7-30-14-18(28-21(30)16-4-5-16)17-12-19(20(26)27-13-17)33-22(23,24)25/h12-14,16H,1,4-11H2,2-3H3,(H2,26,27). The number of imidazole rings is 1. The molecule has 0 saturated heterocycles. The Hall–Kier alpha value is -2.79. The number of pyridine rings is 1. The van der Waals surface area contributed by atoms with Gasteiger partial charge in [-0.3, -0.25) is 0 Å². The molecule has 0 amide bonds.